The SMILES string of the molecule is C/C=C\c1ccccc1.O=C1CC(NC2CC2)CCN1. The Morgan fingerprint density at radius 1 is 1.15 bits per heavy atom. The Bertz CT molecular complexity index is 438. The standard InChI is InChI=1S/C9H10.C8H14N2O/c1-2-6-9-7-4-3-5-8-9;11-8-5-7(3-4-9-8)10-6-1-2-6/h2-8H,1H3;6-7,10H,1-5H2,(H,9,11)/b6-2-;. The third-order valence-corrected chi connectivity index (χ3v) is 3.45. The molecule has 1 unspecified atom stereocenters. The number of hydrogen-bond acceptors (Lipinski definition) is 2. The second kappa shape index (κ2) is 7.85. The third-order valence-electron chi connectivity index (χ3n) is 3.45. The van der Waals surface area contributed by atoms with Crippen LogP contribution in [0.25, 0.3) is 6.08 Å². The molecule has 1 aliphatic carbocycles. The van der Waals surface area contributed by atoms with Crippen LogP contribution in [0.1, 0.15) is 38.2 Å². The van der Waals surface area contributed by atoms with Crippen molar-refractivity contribution in [1.29, 1.82) is 0 Å². The van der Waals surface area contributed by atoms with Gasteiger partial charge in [-0.2, -0.15) is 0 Å². The van der Waals surface area contributed by atoms with Crippen LogP contribution in [0.3, 0.4) is 0 Å². The summed E-state index contributed by atoms with van der Waals surface area (Å²) in [5, 5.41) is 6.29. The number of piperidine rings is 1. The number of nitrogens with one attached hydrogen (secondary N) is 2. The molecule has 3 nitrogen and oxygen atoms in total. The first-order valence-electron chi connectivity index (χ1n) is 7.48. The first-order valence-corrected chi connectivity index (χ1v) is 7.48. The van der Waals surface area contributed by atoms with E-state index in [9.17, 15) is 4.79 Å². The van der Waals surface area contributed by atoms with E-state index in [2.05, 4.69) is 28.8 Å². The molecule has 2 N–H and O–H groups in total. The van der Waals surface area contributed by atoms with E-state index in [0.717, 1.165) is 19.0 Å². The van der Waals surface area contributed by atoms with Crippen molar-refractivity contribution in [3.63, 3.8) is 0 Å². The number of carbonyl (C=O) groups is 1. The number of allylic oxidation sites excluding steroid dienone is 1. The van der Waals surface area contributed by atoms with Gasteiger partial charge >= 0.3 is 0 Å². The van der Waals surface area contributed by atoms with Crippen LogP contribution in [0, 0.1) is 0 Å². The molecule has 108 valence electrons. The summed E-state index contributed by atoms with van der Waals surface area (Å²) in [4.78, 5) is 10.9. The molecule has 1 atom stereocenters. The predicted octanol–water partition coefficient (Wildman–Crippen LogP) is 2.74. The molecule has 1 saturated heterocycles. The molecule has 3 heteroatoms. The molecule has 2 fully saturated rings. The highest BCUT2D eigenvalue weighted by atomic mass is 16.1. The topological polar surface area (TPSA) is 41.1 Å². The van der Waals surface area contributed by atoms with Gasteiger partial charge in [0.15, 0.2) is 0 Å². The second-order valence-electron chi connectivity index (χ2n) is 5.39. The van der Waals surface area contributed by atoms with Crippen LogP contribution in [-0.2, 0) is 4.79 Å². The number of carbonyl (C=O) groups excluding carboxylic acids is 1. The van der Waals surface area contributed by atoms with E-state index in [1.807, 2.05) is 31.2 Å². The molecular formula is C17H24N2O. The summed E-state index contributed by atoms with van der Waals surface area (Å²) in [7, 11) is 0. The van der Waals surface area contributed by atoms with Gasteiger partial charge in [-0.3, -0.25) is 4.79 Å². The van der Waals surface area contributed by atoms with Crippen molar-refractivity contribution < 1.29 is 4.79 Å². The van der Waals surface area contributed by atoms with Crippen molar-refractivity contribution in [2.45, 2.75) is 44.7 Å². The average molecular weight is 272 g/mol. The van der Waals surface area contributed by atoms with E-state index in [1.54, 1.807) is 0 Å². The van der Waals surface area contributed by atoms with Crippen molar-refractivity contribution in [3.8, 4) is 0 Å². The minimum Gasteiger partial charge on any atom is -0.356 e. The highest BCUT2D eigenvalue weighted by molar-refractivity contribution is 5.77. The zero-order valence-corrected chi connectivity index (χ0v) is 12.1. The number of amides is 1. The molecule has 1 aromatic rings. The zero-order chi connectivity index (χ0) is 14.2. The summed E-state index contributed by atoms with van der Waals surface area (Å²) in [5.41, 5.74) is 1.26. The van der Waals surface area contributed by atoms with Gasteiger partial charge in [-0.25, -0.2) is 0 Å². The summed E-state index contributed by atoms with van der Waals surface area (Å²) in [6.45, 7) is 2.87. The number of rotatable bonds is 3. The van der Waals surface area contributed by atoms with Crippen LogP contribution in [-0.4, -0.2) is 24.5 Å². The Balaban J connectivity index is 0.000000151. The van der Waals surface area contributed by atoms with Crippen LogP contribution < -0.4 is 10.6 Å². The maximum Gasteiger partial charge on any atom is 0.221 e. The molecule has 20 heavy (non-hydrogen) atoms. The fraction of sp³-hybridized carbons (Fsp3) is 0.471. The van der Waals surface area contributed by atoms with E-state index in [4.69, 9.17) is 0 Å². The van der Waals surface area contributed by atoms with E-state index in [1.165, 1.54) is 18.4 Å². The summed E-state index contributed by atoms with van der Waals surface area (Å²) >= 11 is 0. The maximum absolute atomic E-state index is 10.9. The van der Waals surface area contributed by atoms with Gasteiger partial charge < -0.3 is 10.6 Å². The number of hydrogen-bond donors (Lipinski definition) is 2. The van der Waals surface area contributed by atoms with Gasteiger partial charge in [-0.15, -0.1) is 0 Å². The smallest absolute Gasteiger partial charge is 0.221 e. The van der Waals surface area contributed by atoms with Gasteiger partial charge in [-0.1, -0.05) is 42.5 Å². The van der Waals surface area contributed by atoms with Crippen molar-refractivity contribution in [2.24, 2.45) is 0 Å². The van der Waals surface area contributed by atoms with Crippen molar-refractivity contribution in [2.75, 3.05) is 6.54 Å². The van der Waals surface area contributed by atoms with Gasteiger partial charge in [0, 0.05) is 25.0 Å². The van der Waals surface area contributed by atoms with Gasteiger partial charge in [0.1, 0.15) is 0 Å². The Labute approximate surface area is 121 Å². The Morgan fingerprint density at radius 3 is 2.50 bits per heavy atom. The van der Waals surface area contributed by atoms with Crippen molar-refractivity contribution in [1.82, 2.24) is 10.6 Å². The highest BCUT2D eigenvalue weighted by Crippen LogP contribution is 2.21. The molecular weight excluding hydrogens is 248 g/mol. The monoisotopic (exact) mass is 272 g/mol. The molecule has 0 bridgehead atoms. The Kier molecular flexibility index (Phi) is 5.81. The third kappa shape index (κ3) is 5.57. The van der Waals surface area contributed by atoms with Crippen LogP contribution in [0.4, 0.5) is 0 Å². The second-order valence-corrected chi connectivity index (χ2v) is 5.39. The quantitative estimate of drug-likeness (QED) is 0.888. The van der Waals surface area contributed by atoms with E-state index in [0.29, 0.717) is 12.5 Å². The molecule has 0 radical (unpaired) electrons. The van der Waals surface area contributed by atoms with Crippen LogP contribution in [0.5, 0.6) is 0 Å². The number of benzene rings is 1. The zero-order valence-electron chi connectivity index (χ0n) is 12.1. The lowest BCUT2D eigenvalue weighted by Gasteiger charge is -2.22. The first kappa shape index (κ1) is 14.8. The minimum absolute atomic E-state index is 0.203. The molecule has 1 saturated carbocycles. The van der Waals surface area contributed by atoms with Crippen molar-refractivity contribution in [3.05, 3.63) is 42.0 Å². The van der Waals surface area contributed by atoms with E-state index >= 15 is 0 Å². The van der Waals surface area contributed by atoms with Crippen LogP contribution in [0.15, 0.2) is 36.4 Å². The summed E-state index contributed by atoms with van der Waals surface area (Å²) in [6.07, 6.45) is 8.50. The normalized spacial score (nSPS) is 22.1. The van der Waals surface area contributed by atoms with Gasteiger partial charge in [0.2, 0.25) is 5.91 Å². The summed E-state index contributed by atoms with van der Waals surface area (Å²) < 4.78 is 0. The lowest BCUT2D eigenvalue weighted by Crippen LogP contribution is -2.43. The van der Waals surface area contributed by atoms with Gasteiger partial charge in [-0.05, 0) is 31.7 Å². The Morgan fingerprint density at radius 2 is 1.90 bits per heavy atom. The van der Waals surface area contributed by atoms with Gasteiger partial charge in [0.25, 0.3) is 0 Å². The fourth-order valence-corrected chi connectivity index (χ4v) is 2.27. The molecule has 0 aromatic heterocycles. The summed E-state index contributed by atoms with van der Waals surface area (Å²) in [5.74, 6) is 0.203. The molecule has 1 aliphatic heterocycles. The Hall–Kier alpha value is -1.61. The molecule has 2 aliphatic rings. The maximum atomic E-state index is 10.9. The fourth-order valence-electron chi connectivity index (χ4n) is 2.27. The molecule has 3 rings (SSSR count). The minimum atomic E-state index is 0.203. The van der Waals surface area contributed by atoms with Crippen LogP contribution >= 0.6 is 0 Å². The predicted molar refractivity (Wildman–Crippen MR) is 83.3 cm³/mol. The summed E-state index contributed by atoms with van der Waals surface area (Å²) in [6, 6.07) is 11.4. The molecule has 1 amide bonds. The van der Waals surface area contributed by atoms with E-state index in [-0.39, 0.29) is 5.91 Å². The van der Waals surface area contributed by atoms with Gasteiger partial charge in [0.05, 0.1) is 0 Å². The largest absolute Gasteiger partial charge is 0.356 e. The highest BCUT2D eigenvalue weighted by Gasteiger charge is 2.27. The van der Waals surface area contributed by atoms with Crippen molar-refractivity contribution >= 4 is 12.0 Å². The lowest BCUT2D eigenvalue weighted by atomic mass is 10.1. The first-order chi connectivity index (χ1) is 9.78. The molecule has 1 heterocycles. The van der Waals surface area contributed by atoms with Crippen LogP contribution in [0.2, 0.25) is 0 Å². The average Bonchev–Trinajstić information content (AvgIpc) is 3.25. The molecule has 0 spiro atoms. The molecule has 1 aromatic carbocycles. The lowest BCUT2D eigenvalue weighted by molar-refractivity contribution is -0.122. The van der Waals surface area contributed by atoms with E-state index < -0.39 is 0 Å².